The molecule has 0 aliphatic carbocycles. The maximum atomic E-state index is 12.3. The molecular formula is C21H22N2O5S. The van der Waals surface area contributed by atoms with E-state index >= 15 is 0 Å². The molecule has 0 unspecified atom stereocenters. The second-order valence-corrected chi connectivity index (χ2v) is 9.04. The van der Waals surface area contributed by atoms with Gasteiger partial charge in [0, 0.05) is 12.2 Å². The molecule has 3 amide bonds. The summed E-state index contributed by atoms with van der Waals surface area (Å²) >= 11 is 0. The van der Waals surface area contributed by atoms with Crippen molar-refractivity contribution in [2.24, 2.45) is 0 Å². The Labute approximate surface area is 169 Å². The highest BCUT2D eigenvalue weighted by molar-refractivity contribution is 7.92. The van der Waals surface area contributed by atoms with Crippen LogP contribution in [0.4, 0.5) is 5.69 Å². The molecule has 0 spiro atoms. The minimum absolute atomic E-state index is 0.00826. The largest absolute Gasteiger partial charge is 0.325 e. The van der Waals surface area contributed by atoms with Crippen molar-refractivity contribution >= 4 is 33.2 Å². The number of carbonyl (C=O) groups excluding carboxylic acids is 3. The Morgan fingerprint density at radius 1 is 0.966 bits per heavy atom. The molecule has 1 heterocycles. The maximum absolute atomic E-state index is 12.3. The van der Waals surface area contributed by atoms with E-state index in [1.54, 1.807) is 36.4 Å². The standard InChI is InChI=1S/C21H22N2O5S/c1-2-15-8-10-16(11-9-15)22-19(24)14-29(27,28)13-5-12-23-20(25)17-6-3-4-7-18(17)21(23)26/h3-4,6-11H,2,5,12-14H2,1H3,(H,22,24). The summed E-state index contributed by atoms with van der Waals surface area (Å²) in [7, 11) is -3.67. The van der Waals surface area contributed by atoms with Crippen molar-refractivity contribution in [1.29, 1.82) is 0 Å². The second-order valence-electron chi connectivity index (χ2n) is 6.85. The van der Waals surface area contributed by atoms with Gasteiger partial charge in [0.2, 0.25) is 5.91 Å². The Hall–Kier alpha value is -3.00. The minimum atomic E-state index is -3.67. The van der Waals surface area contributed by atoms with Gasteiger partial charge in [-0.15, -0.1) is 0 Å². The molecule has 1 N–H and O–H groups in total. The minimum Gasteiger partial charge on any atom is -0.325 e. The fourth-order valence-electron chi connectivity index (χ4n) is 3.18. The predicted molar refractivity (Wildman–Crippen MR) is 110 cm³/mol. The lowest BCUT2D eigenvalue weighted by molar-refractivity contribution is -0.113. The van der Waals surface area contributed by atoms with Gasteiger partial charge in [0.05, 0.1) is 16.9 Å². The van der Waals surface area contributed by atoms with Crippen LogP contribution in [-0.4, -0.2) is 49.1 Å². The zero-order valence-electron chi connectivity index (χ0n) is 16.1. The summed E-state index contributed by atoms with van der Waals surface area (Å²) in [5.41, 5.74) is 2.31. The van der Waals surface area contributed by atoms with Gasteiger partial charge in [0.15, 0.2) is 9.84 Å². The fourth-order valence-corrected chi connectivity index (χ4v) is 4.36. The van der Waals surface area contributed by atoms with Crippen molar-refractivity contribution < 1.29 is 22.8 Å². The van der Waals surface area contributed by atoms with E-state index in [9.17, 15) is 22.8 Å². The van der Waals surface area contributed by atoms with Gasteiger partial charge in [0.1, 0.15) is 5.75 Å². The SMILES string of the molecule is CCc1ccc(NC(=O)CS(=O)(=O)CCCN2C(=O)c3ccccc3C2=O)cc1. The van der Waals surface area contributed by atoms with E-state index in [-0.39, 0.29) is 18.7 Å². The van der Waals surface area contributed by atoms with Crippen LogP contribution in [0.15, 0.2) is 48.5 Å². The molecule has 2 aromatic rings. The summed E-state index contributed by atoms with van der Waals surface area (Å²) in [4.78, 5) is 37.7. The Morgan fingerprint density at radius 2 is 1.55 bits per heavy atom. The molecule has 3 rings (SSSR count). The highest BCUT2D eigenvalue weighted by Gasteiger charge is 2.34. The van der Waals surface area contributed by atoms with Crippen molar-refractivity contribution in [1.82, 2.24) is 4.90 Å². The molecule has 1 aliphatic rings. The molecule has 152 valence electrons. The van der Waals surface area contributed by atoms with Crippen LogP contribution >= 0.6 is 0 Å². The molecule has 8 heteroatoms. The highest BCUT2D eigenvalue weighted by atomic mass is 32.2. The monoisotopic (exact) mass is 414 g/mol. The van der Waals surface area contributed by atoms with Gasteiger partial charge >= 0.3 is 0 Å². The van der Waals surface area contributed by atoms with Crippen LogP contribution in [0.25, 0.3) is 0 Å². The molecule has 7 nitrogen and oxygen atoms in total. The van der Waals surface area contributed by atoms with E-state index in [0.717, 1.165) is 16.9 Å². The zero-order valence-corrected chi connectivity index (χ0v) is 16.9. The van der Waals surface area contributed by atoms with Crippen molar-refractivity contribution in [3.8, 4) is 0 Å². The summed E-state index contributed by atoms with van der Waals surface area (Å²) in [6, 6.07) is 13.7. The second kappa shape index (κ2) is 8.57. The van der Waals surface area contributed by atoms with E-state index in [4.69, 9.17) is 0 Å². The molecule has 0 saturated carbocycles. The molecule has 0 saturated heterocycles. The third-order valence-corrected chi connectivity index (χ3v) is 6.32. The van der Waals surface area contributed by atoms with Gasteiger partial charge in [-0.05, 0) is 42.7 Å². The maximum Gasteiger partial charge on any atom is 0.261 e. The number of benzene rings is 2. The molecular weight excluding hydrogens is 392 g/mol. The summed E-state index contributed by atoms with van der Waals surface area (Å²) in [6.45, 7) is 2.01. The number of fused-ring (bicyclic) bond motifs is 1. The normalized spacial score (nSPS) is 13.5. The molecule has 0 radical (unpaired) electrons. The van der Waals surface area contributed by atoms with Crippen LogP contribution in [0.5, 0.6) is 0 Å². The smallest absolute Gasteiger partial charge is 0.261 e. The molecule has 0 fully saturated rings. The highest BCUT2D eigenvalue weighted by Crippen LogP contribution is 2.22. The fraction of sp³-hybridized carbons (Fsp3) is 0.286. The van der Waals surface area contributed by atoms with E-state index in [0.29, 0.717) is 16.8 Å². The number of aryl methyl sites for hydroxylation is 1. The molecule has 0 bridgehead atoms. The summed E-state index contributed by atoms with van der Waals surface area (Å²) < 4.78 is 24.5. The molecule has 2 aromatic carbocycles. The molecule has 0 aromatic heterocycles. The molecule has 29 heavy (non-hydrogen) atoms. The van der Waals surface area contributed by atoms with Crippen LogP contribution in [0.1, 0.15) is 39.6 Å². The average Bonchev–Trinajstić information content (AvgIpc) is 2.93. The van der Waals surface area contributed by atoms with Crippen molar-refractivity contribution in [2.75, 3.05) is 23.4 Å². The molecule has 0 atom stereocenters. The molecule has 1 aliphatic heterocycles. The van der Waals surface area contributed by atoms with Crippen molar-refractivity contribution in [3.05, 3.63) is 65.2 Å². The summed E-state index contributed by atoms with van der Waals surface area (Å²) in [6.07, 6.45) is 0.946. The lowest BCUT2D eigenvalue weighted by atomic mass is 10.1. The van der Waals surface area contributed by atoms with Crippen LogP contribution in [0, 0.1) is 0 Å². The first-order valence-corrected chi connectivity index (χ1v) is 11.2. The van der Waals surface area contributed by atoms with Gasteiger partial charge < -0.3 is 5.32 Å². The number of amides is 3. The van der Waals surface area contributed by atoms with Gasteiger partial charge in [-0.25, -0.2) is 8.42 Å². The first kappa shape index (κ1) is 20.7. The number of hydrogen-bond acceptors (Lipinski definition) is 5. The van der Waals surface area contributed by atoms with Crippen LogP contribution in [-0.2, 0) is 21.1 Å². The number of rotatable bonds is 8. The average molecular weight is 414 g/mol. The number of nitrogens with one attached hydrogen (secondary N) is 1. The van der Waals surface area contributed by atoms with Gasteiger partial charge in [0.25, 0.3) is 11.8 Å². The number of nitrogens with zero attached hydrogens (tertiary/aromatic N) is 1. The van der Waals surface area contributed by atoms with Crippen LogP contribution in [0.3, 0.4) is 0 Å². The number of sulfone groups is 1. The number of carbonyl (C=O) groups is 3. The van der Waals surface area contributed by atoms with Crippen molar-refractivity contribution in [2.45, 2.75) is 19.8 Å². The van der Waals surface area contributed by atoms with E-state index < -0.39 is 33.3 Å². The Bertz CT molecular complexity index is 1010. The van der Waals surface area contributed by atoms with Gasteiger partial charge in [-0.2, -0.15) is 0 Å². The van der Waals surface area contributed by atoms with Gasteiger partial charge in [-0.1, -0.05) is 31.2 Å². The first-order valence-electron chi connectivity index (χ1n) is 9.35. The number of imide groups is 1. The quantitative estimate of drug-likeness (QED) is 0.668. The third-order valence-electron chi connectivity index (χ3n) is 4.71. The van der Waals surface area contributed by atoms with E-state index in [1.807, 2.05) is 19.1 Å². The van der Waals surface area contributed by atoms with Gasteiger partial charge in [-0.3, -0.25) is 19.3 Å². The Balaban J connectivity index is 1.50. The van der Waals surface area contributed by atoms with E-state index in [1.165, 1.54) is 0 Å². The topological polar surface area (TPSA) is 101 Å². The predicted octanol–water partition coefficient (Wildman–Crippen LogP) is 2.29. The lowest BCUT2D eigenvalue weighted by Crippen LogP contribution is -2.32. The number of anilines is 1. The van der Waals surface area contributed by atoms with Crippen LogP contribution < -0.4 is 5.32 Å². The zero-order chi connectivity index (χ0) is 21.0. The Kier molecular flexibility index (Phi) is 6.12. The van der Waals surface area contributed by atoms with Crippen molar-refractivity contribution in [3.63, 3.8) is 0 Å². The Morgan fingerprint density at radius 3 is 2.10 bits per heavy atom. The lowest BCUT2D eigenvalue weighted by Gasteiger charge is -2.13. The third kappa shape index (κ3) is 4.89. The number of hydrogen-bond donors (Lipinski definition) is 1. The van der Waals surface area contributed by atoms with Crippen LogP contribution in [0.2, 0.25) is 0 Å². The van der Waals surface area contributed by atoms with E-state index in [2.05, 4.69) is 5.32 Å². The first-order chi connectivity index (χ1) is 13.8. The summed E-state index contributed by atoms with van der Waals surface area (Å²) in [5.74, 6) is -2.39. The summed E-state index contributed by atoms with van der Waals surface area (Å²) in [5, 5.41) is 2.57.